The third-order valence-corrected chi connectivity index (χ3v) is 3.49. The number of pyridine rings is 1. The Morgan fingerprint density at radius 2 is 1.76 bits per heavy atom. The van der Waals surface area contributed by atoms with Crippen molar-refractivity contribution in [3.05, 3.63) is 34.9 Å². The molecule has 2 atom stereocenters. The van der Waals surface area contributed by atoms with Gasteiger partial charge in [-0.05, 0) is 44.5 Å². The van der Waals surface area contributed by atoms with E-state index in [9.17, 15) is 10.2 Å². The molecule has 0 aliphatic rings. The Hall–Kier alpha value is -1.36. The number of benzene rings is 1. The minimum absolute atomic E-state index is 0.420. The lowest BCUT2D eigenvalue weighted by molar-refractivity contribution is 0.178. The van der Waals surface area contributed by atoms with E-state index in [0.29, 0.717) is 18.1 Å². The van der Waals surface area contributed by atoms with Crippen molar-refractivity contribution in [2.45, 2.75) is 33.0 Å². The minimum atomic E-state index is -0.499. The first kappa shape index (κ1) is 16.0. The zero-order valence-electron chi connectivity index (χ0n) is 12.5. The van der Waals surface area contributed by atoms with Crippen molar-refractivity contribution in [1.29, 1.82) is 0 Å². The maximum Gasteiger partial charge on any atom is 0.129 e. The van der Waals surface area contributed by atoms with E-state index in [2.05, 4.69) is 4.98 Å². The van der Waals surface area contributed by atoms with E-state index in [-0.39, 0.29) is 0 Å². The molecule has 114 valence electrons. The van der Waals surface area contributed by atoms with E-state index in [4.69, 9.17) is 11.6 Å². The second kappa shape index (κ2) is 6.60. The van der Waals surface area contributed by atoms with Gasteiger partial charge in [-0.2, -0.15) is 0 Å². The lowest BCUT2D eigenvalue weighted by atomic mass is 10.1. The molecule has 0 bridgehead atoms. The Balaban J connectivity index is 2.46. The van der Waals surface area contributed by atoms with Crippen LogP contribution in [0.25, 0.3) is 10.9 Å². The van der Waals surface area contributed by atoms with Crippen LogP contribution in [-0.2, 0) is 0 Å². The fraction of sp³-hybridized carbons (Fsp3) is 0.438. The number of aromatic nitrogens is 1. The second-order valence-electron chi connectivity index (χ2n) is 5.56. The largest absolute Gasteiger partial charge is 0.392 e. The van der Waals surface area contributed by atoms with Crippen LogP contribution in [0.1, 0.15) is 19.4 Å². The summed E-state index contributed by atoms with van der Waals surface area (Å²) in [4.78, 5) is 6.51. The van der Waals surface area contributed by atoms with Crippen molar-refractivity contribution in [2.75, 3.05) is 18.0 Å². The topological polar surface area (TPSA) is 56.6 Å². The first-order chi connectivity index (χ1) is 9.86. The molecule has 0 saturated heterocycles. The molecule has 0 fully saturated rings. The summed E-state index contributed by atoms with van der Waals surface area (Å²) in [7, 11) is 0. The summed E-state index contributed by atoms with van der Waals surface area (Å²) in [6.45, 7) is 6.30. The van der Waals surface area contributed by atoms with Crippen LogP contribution in [0.15, 0.2) is 24.3 Å². The average molecular weight is 309 g/mol. The number of rotatable bonds is 5. The first-order valence-electron chi connectivity index (χ1n) is 7.05. The zero-order chi connectivity index (χ0) is 15.6. The molecule has 0 spiro atoms. The number of aliphatic hydroxyl groups excluding tert-OH is 2. The zero-order valence-corrected chi connectivity index (χ0v) is 13.3. The SMILES string of the molecule is Cc1cc(N(C[C@@H](C)O)C[C@@H](C)O)nc2cc(Cl)ccc12. The second-order valence-corrected chi connectivity index (χ2v) is 6.00. The summed E-state index contributed by atoms with van der Waals surface area (Å²) in [5.74, 6) is 0.740. The molecule has 0 aliphatic heterocycles. The predicted octanol–water partition coefficient (Wildman–Crippen LogP) is 2.76. The summed E-state index contributed by atoms with van der Waals surface area (Å²) in [5.41, 5.74) is 1.91. The lowest BCUT2D eigenvalue weighted by Crippen LogP contribution is -2.37. The van der Waals surface area contributed by atoms with Crippen LogP contribution in [0, 0.1) is 6.92 Å². The Morgan fingerprint density at radius 1 is 1.14 bits per heavy atom. The normalized spacial score (nSPS) is 14.2. The molecule has 0 radical (unpaired) electrons. The van der Waals surface area contributed by atoms with Crippen LogP contribution in [-0.4, -0.2) is 40.5 Å². The highest BCUT2D eigenvalue weighted by Crippen LogP contribution is 2.25. The number of fused-ring (bicyclic) bond motifs is 1. The van der Waals surface area contributed by atoms with Crippen molar-refractivity contribution >= 4 is 28.3 Å². The Bertz CT molecular complexity index is 619. The summed E-state index contributed by atoms with van der Waals surface area (Å²) in [6.07, 6.45) is -0.998. The molecule has 1 aromatic heterocycles. The molecule has 1 aromatic carbocycles. The highest BCUT2D eigenvalue weighted by atomic mass is 35.5. The maximum absolute atomic E-state index is 9.65. The smallest absolute Gasteiger partial charge is 0.129 e. The van der Waals surface area contributed by atoms with Crippen molar-refractivity contribution in [3.8, 4) is 0 Å². The van der Waals surface area contributed by atoms with E-state index in [0.717, 1.165) is 22.3 Å². The molecule has 0 unspecified atom stereocenters. The number of anilines is 1. The highest BCUT2D eigenvalue weighted by Gasteiger charge is 2.15. The van der Waals surface area contributed by atoms with E-state index in [1.165, 1.54) is 0 Å². The monoisotopic (exact) mass is 308 g/mol. The van der Waals surface area contributed by atoms with Gasteiger partial charge in [0.2, 0.25) is 0 Å². The molecule has 2 N–H and O–H groups in total. The van der Waals surface area contributed by atoms with Crippen LogP contribution in [0.4, 0.5) is 5.82 Å². The average Bonchev–Trinajstić information content (AvgIpc) is 2.36. The van der Waals surface area contributed by atoms with Crippen LogP contribution < -0.4 is 4.90 Å². The van der Waals surface area contributed by atoms with E-state index in [1.807, 2.05) is 36.1 Å². The quantitative estimate of drug-likeness (QED) is 0.892. The molecule has 21 heavy (non-hydrogen) atoms. The van der Waals surface area contributed by atoms with Crippen LogP contribution in [0.5, 0.6) is 0 Å². The van der Waals surface area contributed by atoms with Crippen molar-refractivity contribution in [2.24, 2.45) is 0 Å². The number of hydrogen-bond acceptors (Lipinski definition) is 4. The lowest BCUT2D eigenvalue weighted by Gasteiger charge is -2.27. The molecule has 4 nitrogen and oxygen atoms in total. The van der Waals surface area contributed by atoms with E-state index in [1.54, 1.807) is 13.8 Å². The summed E-state index contributed by atoms with van der Waals surface area (Å²) < 4.78 is 0. The van der Waals surface area contributed by atoms with E-state index < -0.39 is 12.2 Å². The molecule has 1 heterocycles. The summed E-state index contributed by atoms with van der Waals surface area (Å²) in [5, 5.41) is 21.0. The van der Waals surface area contributed by atoms with Gasteiger partial charge in [0, 0.05) is 23.5 Å². The van der Waals surface area contributed by atoms with Gasteiger partial charge < -0.3 is 15.1 Å². The standard InChI is InChI=1S/C16H21ClN2O2/c1-10-6-16(19(8-11(2)20)9-12(3)21)18-15-7-13(17)4-5-14(10)15/h4-7,11-12,20-21H,8-9H2,1-3H3/t11-,12-/m1/s1. The fourth-order valence-electron chi connectivity index (χ4n) is 2.42. The molecular formula is C16H21ClN2O2. The highest BCUT2D eigenvalue weighted by molar-refractivity contribution is 6.31. The maximum atomic E-state index is 9.65. The van der Waals surface area contributed by atoms with E-state index >= 15 is 0 Å². The van der Waals surface area contributed by atoms with Crippen molar-refractivity contribution < 1.29 is 10.2 Å². The molecule has 0 saturated carbocycles. The Kier molecular flexibility index (Phi) is 5.04. The Labute approximate surface area is 130 Å². The number of aliphatic hydroxyl groups is 2. The van der Waals surface area contributed by atoms with Crippen LogP contribution >= 0.6 is 11.6 Å². The van der Waals surface area contributed by atoms with Gasteiger partial charge in [-0.15, -0.1) is 0 Å². The van der Waals surface area contributed by atoms with Crippen molar-refractivity contribution in [3.63, 3.8) is 0 Å². The third-order valence-electron chi connectivity index (χ3n) is 3.26. The van der Waals surface area contributed by atoms with Gasteiger partial charge in [0.05, 0.1) is 17.7 Å². The molecule has 0 amide bonds. The van der Waals surface area contributed by atoms with Gasteiger partial charge >= 0.3 is 0 Å². The molecule has 0 aliphatic carbocycles. The minimum Gasteiger partial charge on any atom is -0.392 e. The number of halogens is 1. The van der Waals surface area contributed by atoms with Gasteiger partial charge in [-0.25, -0.2) is 4.98 Å². The number of hydrogen-bond donors (Lipinski definition) is 2. The molecular weight excluding hydrogens is 288 g/mol. The number of nitrogens with zero attached hydrogens (tertiary/aromatic N) is 2. The molecule has 2 rings (SSSR count). The van der Waals surface area contributed by atoms with Gasteiger partial charge in [0.25, 0.3) is 0 Å². The predicted molar refractivity (Wildman–Crippen MR) is 87.1 cm³/mol. The Morgan fingerprint density at radius 3 is 2.33 bits per heavy atom. The van der Waals surface area contributed by atoms with Gasteiger partial charge in [-0.1, -0.05) is 17.7 Å². The molecule has 2 aromatic rings. The third kappa shape index (κ3) is 4.06. The fourth-order valence-corrected chi connectivity index (χ4v) is 2.59. The van der Waals surface area contributed by atoms with Gasteiger partial charge in [0.15, 0.2) is 0 Å². The number of aryl methyl sites for hydroxylation is 1. The van der Waals surface area contributed by atoms with Crippen LogP contribution in [0.3, 0.4) is 0 Å². The molecule has 5 heteroatoms. The first-order valence-corrected chi connectivity index (χ1v) is 7.42. The van der Waals surface area contributed by atoms with Gasteiger partial charge in [-0.3, -0.25) is 0 Å². The summed E-state index contributed by atoms with van der Waals surface area (Å²) in [6, 6.07) is 7.61. The summed E-state index contributed by atoms with van der Waals surface area (Å²) >= 11 is 6.04. The van der Waals surface area contributed by atoms with Crippen LogP contribution in [0.2, 0.25) is 5.02 Å². The van der Waals surface area contributed by atoms with Gasteiger partial charge in [0.1, 0.15) is 5.82 Å². The van der Waals surface area contributed by atoms with Crippen molar-refractivity contribution in [1.82, 2.24) is 4.98 Å².